The van der Waals surface area contributed by atoms with Gasteiger partial charge in [0.1, 0.15) is 10.0 Å². The molecule has 3 nitrogen and oxygen atoms in total. The summed E-state index contributed by atoms with van der Waals surface area (Å²) in [5, 5.41) is 18.2. The maximum Gasteiger partial charge on any atom is 0.131 e. The normalized spacial score (nSPS) is 10.8. The Hall–Kier alpha value is -0.780. The zero-order valence-electron chi connectivity index (χ0n) is 9.27. The molecular formula is C11H15N3S2. The predicted octanol–water partition coefficient (Wildman–Crippen LogP) is 2.69. The van der Waals surface area contributed by atoms with E-state index in [4.69, 9.17) is 0 Å². The molecule has 2 aromatic rings. The molecule has 86 valence electrons. The maximum absolute atomic E-state index is 4.20. The average Bonchev–Trinajstić information content (AvgIpc) is 2.91. The lowest BCUT2D eigenvalue weighted by atomic mass is 10.3. The van der Waals surface area contributed by atoms with E-state index in [2.05, 4.69) is 39.3 Å². The van der Waals surface area contributed by atoms with Gasteiger partial charge >= 0.3 is 0 Å². The van der Waals surface area contributed by atoms with E-state index in [-0.39, 0.29) is 0 Å². The fourth-order valence-corrected chi connectivity index (χ4v) is 2.89. The molecule has 0 saturated carbocycles. The van der Waals surface area contributed by atoms with Gasteiger partial charge in [0.05, 0.1) is 0 Å². The van der Waals surface area contributed by atoms with Crippen molar-refractivity contribution in [2.75, 3.05) is 6.54 Å². The largest absolute Gasteiger partial charge is 0.310 e. The molecule has 0 unspecified atom stereocenters. The molecular weight excluding hydrogens is 238 g/mol. The van der Waals surface area contributed by atoms with Crippen LogP contribution < -0.4 is 5.32 Å². The zero-order valence-corrected chi connectivity index (χ0v) is 10.9. The van der Waals surface area contributed by atoms with Crippen molar-refractivity contribution in [2.24, 2.45) is 0 Å². The van der Waals surface area contributed by atoms with Crippen LogP contribution in [0.2, 0.25) is 0 Å². The first kappa shape index (κ1) is 11.7. The van der Waals surface area contributed by atoms with Crippen molar-refractivity contribution >= 4 is 22.7 Å². The summed E-state index contributed by atoms with van der Waals surface area (Å²) >= 11 is 3.43. The van der Waals surface area contributed by atoms with Gasteiger partial charge in [-0.1, -0.05) is 18.3 Å². The van der Waals surface area contributed by atoms with Crippen molar-refractivity contribution in [1.29, 1.82) is 0 Å². The molecule has 0 aliphatic rings. The lowest BCUT2D eigenvalue weighted by molar-refractivity contribution is 0.668. The number of thiophene rings is 1. The minimum atomic E-state index is 0.842. The van der Waals surface area contributed by atoms with Gasteiger partial charge in [0, 0.05) is 13.0 Å². The second-order valence-corrected chi connectivity index (χ2v) is 5.50. The van der Waals surface area contributed by atoms with Crippen LogP contribution in [0.4, 0.5) is 0 Å². The van der Waals surface area contributed by atoms with Crippen LogP contribution in [0.5, 0.6) is 0 Å². The standard InChI is InChI=1S/C11H15N3S2/c1-2-4-12-7-11-14-13-10(16-11)6-9-3-5-15-8-9/h3,5,8,12H,2,4,6-7H2,1H3. The van der Waals surface area contributed by atoms with Gasteiger partial charge in [-0.05, 0) is 35.4 Å². The number of nitrogens with one attached hydrogen (secondary N) is 1. The molecule has 0 amide bonds. The molecule has 0 saturated heterocycles. The summed E-state index contributed by atoms with van der Waals surface area (Å²) in [6.45, 7) is 4.05. The van der Waals surface area contributed by atoms with Gasteiger partial charge in [-0.25, -0.2) is 0 Å². The number of hydrogen-bond acceptors (Lipinski definition) is 5. The molecule has 0 atom stereocenters. The first-order valence-electron chi connectivity index (χ1n) is 5.41. The molecule has 0 fully saturated rings. The summed E-state index contributed by atoms with van der Waals surface area (Å²) in [5.41, 5.74) is 1.33. The highest BCUT2D eigenvalue weighted by Crippen LogP contribution is 2.16. The van der Waals surface area contributed by atoms with Gasteiger partial charge in [0.15, 0.2) is 0 Å². The number of nitrogens with zero attached hydrogens (tertiary/aromatic N) is 2. The Morgan fingerprint density at radius 1 is 1.31 bits per heavy atom. The summed E-state index contributed by atoms with van der Waals surface area (Å²) in [6.07, 6.45) is 2.06. The Labute approximate surface area is 104 Å². The van der Waals surface area contributed by atoms with E-state index in [0.29, 0.717) is 0 Å². The smallest absolute Gasteiger partial charge is 0.131 e. The van der Waals surface area contributed by atoms with Crippen LogP contribution in [-0.2, 0) is 13.0 Å². The molecule has 0 radical (unpaired) electrons. The molecule has 1 N–H and O–H groups in total. The van der Waals surface area contributed by atoms with E-state index < -0.39 is 0 Å². The van der Waals surface area contributed by atoms with Crippen molar-refractivity contribution in [3.8, 4) is 0 Å². The Morgan fingerprint density at radius 2 is 2.19 bits per heavy atom. The Balaban J connectivity index is 1.87. The first-order chi connectivity index (χ1) is 7.88. The van der Waals surface area contributed by atoms with Gasteiger partial charge in [-0.2, -0.15) is 11.3 Å². The fraction of sp³-hybridized carbons (Fsp3) is 0.455. The van der Waals surface area contributed by atoms with Gasteiger partial charge in [-0.15, -0.1) is 10.2 Å². The van der Waals surface area contributed by atoms with E-state index in [9.17, 15) is 0 Å². The lowest BCUT2D eigenvalue weighted by Crippen LogP contribution is -2.13. The number of rotatable bonds is 6. The molecule has 0 aliphatic carbocycles. The summed E-state index contributed by atoms with van der Waals surface area (Å²) < 4.78 is 0. The summed E-state index contributed by atoms with van der Waals surface area (Å²) in [7, 11) is 0. The van der Waals surface area contributed by atoms with E-state index in [1.165, 1.54) is 5.56 Å². The highest BCUT2D eigenvalue weighted by atomic mass is 32.1. The lowest BCUT2D eigenvalue weighted by Gasteiger charge is -1.96. The maximum atomic E-state index is 4.20. The summed E-state index contributed by atoms with van der Waals surface area (Å²) in [5.74, 6) is 0. The highest BCUT2D eigenvalue weighted by molar-refractivity contribution is 7.11. The van der Waals surface area contributed by atoms with Crippen LogP contribution in [0, 0.1) is 0 Å². The first-order valence-corrected chi connectivity index (χ1v) is 7.17. The summed E-state index contributed by atoms with van der Waals surface area (Å²) in [4.78, 5) is 0. The number of aromatic nitrogens is 2. The van der Waals surface area contributed by atoms with Crippen molar-refractivity contribution in [2.45, 2.75) is 26.3 Å². The third-order valence-corrected chi connectivity index (χ3v) is 3.80. The predicted molar refractivity (Wildman–Crippen MR) is 69.0 cm³/mol. The topological polar surface area (TPSA) is 37.8 Å². The van der Waals surface area contributed by atoms with Crippen molar-refractivity contribution < 1.29 is 0 Å². The van der Waals surface area contributed by atoms with Gasteiger partial charge in [-0.3, -0.25) is 0 Å². The van der Waals surface area contributed by atoms with E-state index in [0.717, 1.165) is 35.9 Å². The van der Waals surface area contributed by atoms with Crippen molar-refractivity contribution in [3.05, 3.63) is 32.4 Å². The monoisotopic (exact) mass is 253 g/mol. The summed E-state index contributed by atoms with van der Waals surface area (Å²) in [6, 6.07) is 2.14. The second kappa shape index (κ2) is 6.08. The molecule has 2 heterocycles. The van der Waals surface area contributed by atoms with Crippen LogP contribution in [0.25, 0.3) is 0 Å². The number of hydrogen-bond donors (Lipinski definition) is 1. The van der Waals surface area contributed by atoms with E-state index in [1.54, 1.807) is 22.7 Å². The van der Waals surface area contributed by atoms with Crippen LogP contribution in [0.3, 0.4) is 0 Å². The van der Waals surface area contributed by atoms with Gasteiger partial charge in [0.25, 0.3) is 0 Å². The second-order valence-electron chi connectivity index (χ2n) is 3.57. The van der Waals surface area contributed by atoms with Gasteiger partial charge in [0.2, 0.25) is 0 Å². The van der Waals surface area contributed by atoms with Gasteiger partial charge < -0.3 is 5.32 Å². The minimum absolute atomic E-state index is 0.842. The quantitative estimate of drug-likeness (QED) is 0.804. The molecule has 0 bridgehead atoms. The molecule has 16 heavy (non-hydrogen) atoms. The third kappa shape index (κ3) is 3.37. The molecule has 2 aromatic heterocycles. The van der Waals surface area contributed by atoms with Crippen LogP contribution >= 0.6 is 22.7 Å². The minimum Gasteiger partial charge on any atom is -0.310 e. The molecule has 2 rings (SSSR count). The molecule has 0 aromatic carbocycles. The van der Waals surface area contributed by atoms with Crippen LogP contribution in [0.15, 0.2) is 16.8 Å². The zero-order chi connectivity index (χ0) is 11.2. The molecule has 0 spiro atoms. The third-order valence-electron chi connectivity index (χ3n) is 2.15. The van der Waals surface area contributed by atoms with Crippen molar-refractivity contribution in [1.82, 2.24) is 15.5 Å². The van der Waals surface area contributed by atoms with Crippen molar-refractivity contribution in [3.63, 3.8) is 0 Å². The van der Waals surface area contributed by atoms with Crippen LogP contribution in [-0.4, -0.2) is 16.7 Å². The van der Waals surface area contributed by atoms with Crippen LogP contribution in [0.1, 0.15) is 28.9 Å². The van der Waals surface area contributed by atoms with E-state index >= 15 is 0 Å². The van der Waals surface area contributed by atoms with E-state index in [1.807, 2.05) is 0 Å². The highest BCUT2D eigenvalue weighted by Gasteiger charge is 2.04. The average molecular weight is 253 g/mol. The Bertz CT molecular complexity index is 409. The Kier molecular flexibility index (Phi) is 4.44. The molecule has 5 heteroatoms. The SMILES string of the molecule is CCCNCc1nnc(Cc2ccsc2)s1. The molecule has 0 aliphatic heterocycles. The Morgan fingerprint density at radius 3 is 2.94 bits per heavy atom. The fourth-order valence-electron chi connectivity index (χ4n) is 1.37.